The second-order valence-electron chi connectivity index (χ2n) is 7.43. The normalized spacial score (nSPS) is 27.8. The highest BCUT2D eigenvalue weighted by Crippen LogP contribution is 2.23. The van der Waals surface area contributed by atoms with E-state index in [1.807, 2.05) is 0 Å². The third-order valence-corrected chi connectivity index (χ3v) is 5.98. The summed E-state index contributed by atoms with van der Waals surface area (Å²) >= 11 is 0. The zero-order valence-corrected chi connectivity index (χ0v) is 14.3. The Morgan fingerprint density at radius 1 is 0.818 bits per heavy atom. The Hall–Kier alpha value is -0.610. The van der Waals surface area contributed by atoms with Gasteiger partial charge in [-0.25, -0.2) is 0 Å². The molecule has 1 atom stereocenters. The maximum atomic E-state index is 12.8. The van der Waals surface area contributed by atoms with Crippen molar-refractivity contribution in [1.29, 1.82) is 0 Å². The smallest absolute Gasteiger partial charge is 0.239 e. The molecule has 126 valence electrons. The summed E-state index contributed by atoms with van der Waals surface area (Å²) in [5, 5.41) is 0. The number of rotatable bonds is 3. The molecule has 0 N–H and O–H groups in total. The van der Waals surface area contributed by atoms with Crippen LogP contribution in [0.1, 0.15) is 58.3 Å². The van der Waals surface area contributed by atoms with Crippen molar-refractivity contribution in [2.24, 2.45) is 0 Å². The van der Waals surface area contributed by atoms with E-state index in [4.69, 9.17) is 0 Å². The highest BCUT2D eigenvalue weighted by molar-refractivity contribution is 5.81. The number of carbonyl (C=O) groups is 1. The van der Waals surface area contributed by atoms with E-state index in [0.717, 1.165) is 32.2 Å². The van der Waals surface area contributed by atoms with Crippen LogP contribution in [0.2, 0.25) is 0 Å². The van der Waals surface area contributed by atoms with Crippen molar-refractivity contribution in [2.75, 3.05) is 39.3 Å². The van der Waals surface area contributed by atoms with Crippen LogP contribution in [0.15, 0.2) is 0 Å². The number of hydrogen-bond donors (Lipinski definition) is 0. The first kappa shape index (κ1) is 16.3. The second kappa shape index (κ2) is 7.78. The van der Waals surface area contributed by atoms with Gasteiger partial charge in [-0.2, -0.15) is 0 Å². The van der Waals surface area contributed by atoms with Crippen LogP contribution in [-0.2, 0) is 4.79 Å². The first-order valence-corrected chi connectivity index (χ1v) is 9.52. The lowest BCUT2D eigenvalue weighted by atomic mass is 10.0. The summed E-state index contributed by atoms with van der Waals surface area (Å²) in [5.74, 6) is 0.376. The van der Waals surface area contributed by atoms with Gasteiger partial charge in [0.1, 0.15) is 0 Å². The molecule has 3 saturated heterocycles. The summed E-state index contributed by atoms with van der Waals surface area (Å²) in [6.07, 6.45) is 10.2. The summed E-state index contributed by atoms with van der Waals surface area (Å²) < 4.78 is 0. The third kappa shape index (κ3) is 3.83. The molecule has 0 aliphatic carbocycles. The monoisotopic (exact) mass is 307 g/mol. The van der Waals surface area contributed by atoms with Crippen molar-refractivity contribution < 1.29 is 4.79 Å². The molecule has 3 fully saturated rings. The van der Waals surface area contributed by atoms with Gasteiger partial charge in [-0.15, -0.1) is 0 Å². The maximum Gasteiger partial charge on any atom is 0.239 e. The molecule has 22 heavy (non-hydrogen) atoms. The Labute approximate surface area is 135 Å². The number of amides is 1. The van der Waals surface area contributed by atoms with E-state index in [9.17, 15) is 4.79 Å². The average molecular weight is 307 g/mol. The molecule has 3 aliphatic heterocycles. The zero-order valence-electron chi connectivity index (χ0n) is 14.3. The van der Waals surface area contributed by atoms with E-state index >= 15 is 0 Å². The van der Waals surface area contributed by atoms with Gasteiger partial charge < -0.3 is 9.80 Å². The number of likely N-dealkylation sites (tertiary alicyclic amines) is 3. The molecule has 0 aromatic rings. The number of hydrogen-bond acceptors (Lipinski definition) is 3. The molecular weight excluding hydrogens is 274 g/mol. The van der Waals surface area contributed by atoms with Gasteiger partial charge in [-0.05, 0) is 58.5 Å². The first-order chi connectivity index (χ1) is 10.8. The Bertz CT molecular complexity index is 351. The molecule has 0 spiro atoms. The van der Waals surface area contributed by atoms with Crippen molar-refractivity contribution in [1.82, 2.24) is 14.7 Å². The van der Waals surface area contributed by atoms with E-state index < -0.39 is 0 Å². The Kier molecular flexibility index (Phi) is 5.75. The molecule has 3 heterocycles. The van der Waals surface area contributed by atoms with Crippen molar-refractivity contribution in [2.45, 2.75) is 70.4 Å². The van der Waals surface area contributed by atoms with Crippen molar-refractivity contribution >= 4 is 5.91 Å². The second-order valence-corrected chi connectivity index (χ2v) is 7.43. The molecule has 4 nitrogen and oxygen atoms in total. The van der Waals surface area contributed by atoms with Crippen LogP contribution in [0.5, 0.6) is 0 Å². The fraction of sp³-hybridized carbons (Fsp3) is 0.944. The average Bonchev–Trinajstić information content (AvgIpc) is 2.96. The molecule has 1 unspecified atom stereocenters. The van der Waals surface area contributed by atoms with Crippen molar-refractivity contribution in [3.8, 4) is 0 Å². The number of nitrogens with zero attached hydrogens (tertiary/aromatic N) is 3. The number of carbonyl (C=O) groups excluding carboxylic acids is 1. The van der Waals surface area contributed by atoms with E-state index in [2.05, 4.69) is 21.6 Å². The minimum Gasteiger partial charge on any atom is -0.341 e. The fourth-order valence-electron chi connectivity index (χ4n) is 4.46. The first-order valence-electron chi connectivity index (χ1n) is 9.52. The van der Waals surface area contributed by atoms with Gasteiger partial charge in [0.15, 0.2) is 0 Å². The molecule has 0 aromatic heterocycles. The van der Waals surface area contributed by atoms with E-state index in [1.165, 1.54) is 64.5 Å². The van der Waals surface area contributed by atoms with Gasteiger partial charge in [0.25, 0.3) is 0 Å². The van der Waals surface area contributed by atoms with Crippen LogP contribution < -0.4 is 0 Å². The van der Waals surface area contributed by atoms with Crippen LogP contribution >= 0.6 is 0 Å². The summed E-state index contributed by atoms with van der Waals surface area (Å²) in [5.41, 5.74) is 0. The Morgan fingerprint density at radius 2 is 1.36 bits per heavy atom. The zero-order chi connectivity index (χ0) is 15.4. The van der Waals surface area contributed by atoms with E-state index in [-0.39, 0.29) is 6.04 Å². The third-order valence-electron chi connectivity index (χ3n) is 5.98. The molecule has 3 rings (SSSR count). The van der Waals surface area contributed by atoms with Crippen molar-refractivity contribution in [3.05, 3.63) is 0 Å². The predicted molar refractivity (Wildman–Crippen MR) is 89.9 cm³/mol. The van der Waals surface area contributed by atoms with Gasteiger partial charge >= 0.3 is 0 Å². The van der Waals surface area contributed by atoms with Crippen LogP contribution in [0, 0.1) is 0 Å². The predicted octanol–water partition coefficient (Wildman–Crippen LogP) is 2.34. The molecule has 1 amide bonds. The minimum atomic E-state index is 0.0811. The van der Waals surface area contributed by atoms with Gasteiger partial charge in [-0.1, -0.05) is 12.8 Å². The van der Waals surface area contributed by atoms with Gasteiger partial charge in [0.2, 0.25) is 5.91 Å². The summed E-state index contributed by atoms with van der Waals surface area (Å²) in [4.78, 5) is 20.0. The van der Waals surface area contributed by atoms with Crippen LogP contribution in [0.25, 0.3) is 0 Å². The lowest BCUT2D eigenvalue weighted by molar-refractivity contribution is -0.137. The topological polar surface area (TPSA) is 26.8 Å². The molecule has 0 aromatic carbocycles. The Morgan fingerprint density at radius 3 is 1.95 bits per heavy atom. The molecular formula is C18H33N3O. The summed E-state index contributed by atoms with van der Waals surface area (Å²) in [7, 11) is 0. The Balaban J connectivity index is 1.48. The lowest BCUT2D eigenvalue weighted by Gasteiger charge is -2.40. The number of piperidine rings is 1. The molecule has 0 bridgehead atoms. The largest absolute Gasteiger partial charge is 0.341 e. The van der Waals surface area contributed by atoms with E-state index in [0.29, 0.717) is 5.91 Å². The summed E-state index contributed by atoms with van der Waals surface area (Å²) in [6, 6.07) is 0.858. The minimum absolute atomic E-state index is 0.0811. The van der Waals surface area contributed by atoms with Crippen LogP contribution in [0.3, 0.4) is 0 Å². The molecule has 0 saturated carbocycles. The van der Waals surface area contributed by atoms with Crippen molar-refractivity contribution in [3.63, 3.8) is 0 Å². The highest BCUT2D eigenvalue weighted by atomic mass is 16.2. The highest BCUT2D eigenvalue weighted by Gasteiger charge is 2.32. The lowest BCUT2D eigenvalue weighted by Crippen LogP contribution is -2.52. The van der Waals surface area contributed by atoms with Crippen LogP contribution in [0.4, 0.5) is 0 Å². The van der Waals surface area contributed by atoms with Gasteiger partial charge in [-0.3, -0.25) is 9.69 Å². The molecule has 4 heteroatoms. The van der Waals surface area contributed by atoms with Gasteiger partial charge in [0, 0.05) is 32.2 Å². The standard InChI is InChI=1S/C18H33N3O/c1-16(18(22)21-12-4-2-3-5-13-21)19-14-8-17(9-15-19)20-10-6-7-11-20/h16-17H,2-15H2,1H3. The van der Waals surface area contributed by atoms with E-state index in [1.54, 1.807) is 0 Å². The summed E-state index contributed by atoms with van der Waals surface area (Å²) in [6.45, 7) is 8.88. The van der Waals surface area contributed by atoms with Crippen LogP contribution in [-0.4, -0.2) is 72.0 Å². The van der Waals surface area contributed by atoms with Gasteiger partial charge in [0.05, 0.1) is 6.04 Å². The fourth-order valence-corrected chi connectivity index (χ4v) is 4.46. The molecule has 3 aliphatic rings. The quantitative estimate of drug-likeness (QED) is 0.801. The SMILES string of the molecule is CC(C(=O)N1CCCCCC1)N1CCC(N2CCCC2)CC1. The maximum absolute atomic E-state index is 12.8. The molecule has 0 radical (unpaired) electrons.